The van der Waals surface area contributed by atoms with Crippen molar-refractivity contribution in [1.82, 2.24) is 0 Å². The molecule has 0 saturated heterocycles. The van der Waals surface area contributed by atoms with E-state index in [4.69, 9.17) is 8.83 Å². The predicted octanol–water partition coefficient (Wildman–Crippen LogP) is 16.9. The van der Waals surface area contributed by atoms with Gasteiger partial charge in [-0.2, -0.15) is 0 Å². The van der Waals surface area contributed by atoms with E-state index in [1.807, 2.05) is 12.1 Å². The van der Waals surface area contributed by atoms with Crippen LogP contribution in [0.2, 0.25) is 0 Å². The zero-order chi connectivity index (χ0) is 40.0. The standard InChI is InChI=1S/C58H35NO2/c1-3-11-36(12-4-1)42-31-43(37-13-5-2-6-14-37)35-46(34-42)59(44-25-29-47-40(32-44)21-19-38-23-27-51-49-15-7-9-17-53(49)60-57(51)55(38)47)45-26-30-48-41(33-45)22-20-39-24-28-52-50-16-8-10-18-54(50)61-58(52)56(39)48/h1-35H. The minimum atomic E-state index is 0.905. The van der Waals surface area contributed by atoms with Gasteiger partial charge in [-0.15, -0.1) is 0 Å². The zero-order valence-electron chi connectivity index (χ0n) is 33.0. The molecule has 284 valence electrons. The van der Waals surface area contributed by atoms with Crippen LogP contribution in [0.15, 0.2) is 221 Å². The number of fused-ring (bicyclic) bond motifs is 14. The number of furan rings is 2. The van der Waals surface area contributed by atoms with Gasteiger partial charge in [0.05, 0.1) is 0 Å². The van der Waals surface area contributed by atoms with Crippen molar-refractivity contribution in [3.63, 3.8) is 0 Å². The molecule has 0 aliphatic carbocycles. The smallest absolute Gasteiger partial charge is 0.143 e. The normalized spacial score (nSPS) is 11.9. The summed E-state index contributed by atoms with van der Waals surface area (Å²) in [5, 5.41) is 13.7. The van der Waals surface area contributed by atoms with Gasteiger partial charge in [-0.25, -0.2) is 0 Å². The summed E-state index contributed by atoms with van der Waals surface area (Å²) in [5.74, 6) is 0. The molecule has 13 rings (SSSR count). The van der Waals surface area contributed by atoms with Gasteiger partial charge in [0.2, 0.25) is 0 Å². The number of hydrogen-bond acceptors (Lipinski definition) is 3. The van der Waals surface area contributed by atoms with Gasteiger partial charge in [0, 0.05) is 49.4 Å². The second-order valence-electron chi connectivity index (χ2n) is 16.1. The highest BCUT2D eigenvalue weighted by Gasteiger charge is 2.20. The summed E-state index contributed by atoms with van der Waals surface area (Å²) in [4.78, 5) is 2.41. The molecule has 0 N–H and O–H groups in total. The van der Waals surface area contributed by atoms with Gasteiger partial charge in [0.15, 0.2) is 0 Å². The summed E-state index contributed by atoms with van der Waals surface area (Å²) in [6.45, 7) is 0. The number of anilines is 3. The number of para-hydroxylation sites is 2. The van der Waals surface area contributed by atoms with E-state index in [0.29, 0.717) is 0 Å². The van der Waals surface area contributed by atoms with Crippen LogP contribution >= 0.6 is 0 Å². The first-order chi connectivity index (χ1) is 30.2. The van der Waals surface area contributed by atoms with Crippen LogP contribution in [0.25, 0.3) is 109 Å². The van der Waals surface area contributed by atoms with E-state index in [2.05, 4.69) is 205 Å². The molecule has 2 aromatic heterocycles. The van der Waals surface area contributed by atoms with E-state index in [-0.39, 0.29) is 0 Å². The van der Waals surface area contributed by atoms with E-state index in [0.717, 1.165) is 115 Å². The Morgan fingerprint density at radius 2 is 0.672 bits per heavy atom. The van der Waals surface area contributed by atoms with Crippen molar-refractivity contribution in [2.24, 2.45) is 0 Å². The number of rotatable bonds is 5. The summed E-state index contributed by atoms with van der Waals surface area (Å²) in [5.41, 5.74) is 11.5. The molecule has 0 saturated carbocycles. The van der Waals surface area contributed by atoms with E-state index in [9.17, 15) is 0 Å². The van der Waals surface area contributed by atoms with Crippen LogP contribution in [-0.4, -0.2) is 0 Å². The highest BCUT2D eigenvalue weighted by molar-refractivity contribution is 6.24. The molecular weight excluding hydrogens is 743 g/mol. The molecule has 61 heavy (non-hydrogen) atoms. The van der Waals surface area contributed by atoms with Crippen LogP contribution in [-0.2, 0) is 0 Å². The second kappa shape index (κ2) is 13.2. The van der Waals surface area contributed by atoms with Crippen molar-refractivity contribution in [2.45, 2.75) is 0 Å². The fourth-order valence-corrected chi connectivity index (χ4v) is 9.69. The number of hydrogen-bond donors (Lipinski definition) is 0. The van der Waals surface area contributed by atoms with Gasteiger partial charge >= 0.3 is 0 Å². The van der Waals surface area contributed by atoms with Gasteiger partial charge in [-0.3, -0.25) is 0 Å². The monoisotopic (exact) mass is 777 g/mol. The lowest BCUT2D eigenvalue weighted by atomic mass is 9.96. The summed E-state index contributed by atoms with van der Waals surface area (Å²) in [7, 11) is 0. The molecule has 0 aliphatic rings. The average Bonchev–Trinajstić information content (AvgIpc) is 3.90. The minimum absolute atomic E-state index is 0.905. The first kappa shape index (κ1) is 33.8. The SMILES string of the molecule is c1ccc(-c2cc(-c3ccccc3)cc(N(c3ccc4c(ccc5ccc6c7ccccc7oc6c54)c3)c3ccc4c(ccc5ccc6c7ccccc7oc6c54)c3)c2)cc1. The quantitative estimate of drug-likeness (QED) is 0.163. The zero-order valence-corrected chi connectivity index (χ0v) is 33.0. The highest BCUT2D eigenvalue weighted by Crippen LogP contribution is 2.45. The summed E-state index contributed by atoms with van der Waals surface area (Å²) < 4.78 is 13.2. The maximum Gasteiger partial charge on any atom is 0.143 e. The van der Waals surface area contributed by atoms with Crippen LogP contribution < -0.4 is 4.90 Å². The molecule has 3 nitrogen and oxygen atoms in total. The van der Waals surface area contributed by atoms with Gasteiger partial charge in [-0.05, 0) is 121 Å². The molecule has 0 amide bonds. The lowest BCUT2D eigenvalue weighted by Gasteiger charge is -2.28. The average molecular weight is 778 g/mol. The predicted molar refractivity (Wildman–Crippen MR) is 257 cm³/mol. The Bertz CT molecular complexity index is 3630. The molecule has 0 atom stereocenters. The molecule has 11 aromatic carbocycles. The Kier molecular flexibility index (Phi) is 7.31. The molecule has 13 aromatic rings. The summed E-state index contributed by atoms with van der Waals surface area (Å²) in [6, 6.07) is 76.5. The third-order valence-electron chi connectivity index (χ3n) is 12.6. The van der Waals surface area contributed by atoms with Crippen LogP contribution in [0.5, 0.6) is 0 Å². The molecule has 0 spiro atoms. The highest BCUT2D eigenvalue weighted by atomic mass is 16.3. The Hall–Kier alpha value is -8.14. The molecule has 3 heteroatoms. The first-order valence-corrected chi connectivity index (χ1v) is 20.8. The van der Waals surface area contributed by atoms with Crippen molar-refractivity contribution in [1.29, 1.82) is 0 Å². The van der Waals surface area contributed by atoms with E-state index in [1.165, 1.54) is 11.1 Å². The minimum Gasteiger partial charge on any atom is -0.455 e. The van der Waals surface area contributed by atoms with Gasteiger partial charge in [-0.1, -0.05) is 146 Å². The second-order valence-corrected chi connectivity index (χ2v) is 16.1. The van der Waals surface area contributed by atoms with E-state index in [1.54, 1.807) is 0 Å². The maximum absolute atomic E-state index is 6.60. The Balaban J connectivity index is 1.06. The van der Waals surface area contributed by atoms with Gasteiger partial charge < -0.3 is 13.7 Å². The topological polar surface area (TPSA) is 29.5 Å². The summed E-state index contributed by atoms with van der Waals surface area (Å²) >= 11 is 0. The van der Waals surface area contributed by atoms with Crippen LogP contribution in [0.1, 0.15) is 0 Å². The van der Waals surface area contributed by atoms with Crippen molar-refractivity contribution in [2.75, 3.05) is 4.90 Å². The molecule has 0 fully saturated rings. The fourth-order valence-electron chi connectivity index (χ4n) is 9.69. The Labute approximate surface area is 350 Å². The molecule has 0 bridgehead atoms. The molecule has 2 heterocycles. The third-order valence-corrected chi connectivity index (χ3v) is 12.6. The molecule has 0 aliphatic heterocycles. The van der Waals surface area contributed by atoms with Gasteiger partial charge in [0.25, 0.3) is 0 Å². The third kappa shape index (κ3) is 5.31. The van der Waals surface area contributed by atoms with E-state index < -0.39 is 0 Å². The lowest BCUT2D eigenvalue weighted by molar-refractivity contribution is 0.672. The maximum atomic E-state index is 6.60. The van der Waals surface area contributed by atoms with E-state index >= 15 is 0 Å². The van der Waals surface area contributed by atoms with Crippen LogP contribution in [0.4, 0.5) is 17.1 Å². The van der Waals surface area contributed by atoms with Gasteiger partial charge in [0.1, 0.15) is 22.3 Å². The molecule has 0 radical (unpaired) electrons. The Morgan fingerprint density at radius 1 is 0.262 bits per heavy atom. The lowest BCUT2D eigenvalue weighted by Crippen LogP contribution is -2.10. The molecule has 0 unspecified atom stereocenters. The fraction of sp³-hybridized carbons (Fsp3) is 0. The Morgan fingerprint density at radius 3 is 1.16 bits per heavy atom. The van der Waals surface area contributed by atoms with Crippen molar-refractivity contribution in [3.8, 4) is 22.3 Å². The largest absolute Gasteiger partial charge is 0.455 e. The summed E-state index contributed by atoms with van der Waals surface area (Å²) in [6.07, 6.45) is 0. The van der Waals surface area contributed by atoms with Crippen molar-refractivity contribution in [3.05, 3.63) is 212 Å². The van der Waals surface area contributed by atoms with Crippen LogP contribution in [0.3, 0.4) is 0 Å². The van der Waals surface area contributed by atoms with Crippen molar-refractivity contribution >= 4 is 104 Å². The van der Waals surface area contributed by atoms with Crippen LogP contribution in [0, 0.1) is 0 Å². The first-order valence-electron chi connectivity index (χ1n) is 20.8. The van der Waals surface area contributed by atoms with Crippen molar-refractivity contribution < 1.29 is 8.83 Å². The number of benzene rings is 11. The molecular formula is C58H35NO2. The number of nitrogens with zero attached hydrogens (tertiary/aromatic N) is 1.